The summed E-state index contributed by atoms with van der Waals surface area (Å²) in [6.07, 6.45) is 10.3. The summed E-state index contributed by atoms with van der Waals surface area (Å²) in [6.45, 7) is 8.26. The maximum absolute atomic E-state index is 3.75. The number of hydrogen-bond acceptors (Lipinski definition) is 1. The molecular weight excluding hydrogens is 194 g/mol. The second-order valence-corrected chi connectivity index (χ2v) is 6.70. The van der Waals surface area contributed by atoms with E-state index < -0.39 is 0 Å². The molecule has 2 saturated carbocycles. The second kappa shape index (κ2) is 5.08. The van der Waals surface area contributed by atoms with Crippen LogP contribution in [0.25, 0.3) is 0 Å². The van der Waals surface area contributed by atoms with E-state index in [1.54, 1.807) is 0 Å². The predicted octanol–water partition coefficient (Wildman–Crippen LogP) is 3.98. The van der Waals surface area contributed by atoms with Crippen molar-refractivity contribution >= 4 is 0 Å². The molecule has 2 rings (SSSR count). The Hall–Kier alpha value is -0.0400. The van der Waals surface area contributed by atoms with Gasteiger partial charge in [-0.1, -0.05) is 52.9 Å². The van der Waals surface area contributed by atoms with Crippen molar-refractivity contribution in [3.8, 4) is 0 Å². The fourth-order valence-electron chi connectivity index (χ4n) is 3.63. The van der Waals surface area contributed by atoms with Gasteiger partial charge >= 0.3 is 0 Å². The minimum Gasteiger partial charge on any atom is -0.314 e. The Bertz CT molecular complexity index is 215. The normalized spacial score (nSPS) is 31.3. The molecular formula is C15H29N. The zero-order chi connectivity index (χ0) is 11.6. The average Bonchev–Trinajstić information content (AvgIpc) is 2.89. The molecule has 0 aromatic rings. The summed E-state index contributed by atoms with van der Waals surface area (Å²) in [6, 6.07) is 0.808. The largest absolute Gasteiger partial charge is 0.314 e. The Labute approximate surface area is 101 Å². The van der Waals surface area contributed by atoms with E-state index in [-0.39, 0.29) is 0 Å². The first-order valence-electron chi connectivity index (χ1n) is 7.37. The van der Waals surface area contributed by atoms with Crippen LogP contribution < -0.4 is 5.32 Å². The van der Waals surface area contributed by atoms with Crippen molar-refractivity contribution in [2.24, 2.45) is 17.3 Å². The minimum absolute atomic E-state index is 0.626. The molecule has 0 spiro atoms. The Morgan fingerprint density at radius 3 is 2.31 bits per heavy atom. The molecule has 16 heavy (non-hydrogen) atoms. The molecule has 2 fully saturated rings. The lowest BCUT2D eigenvalue weighted by atomic mass is 9.83. The molecule has 0 aromatic carbocycles. The van der Waals surface area contributed by atoms with Gasteiger partial charge in [-0.05, 0) is 36.6 Å². The van der Waals surface area contributed by atoms with E-state index in [0.29, 0.717) is 5.41 Å². The van der Waals surface area contributed by atoms with Crippen LogP contribution in [0, 0.1) is 17.3 Å². The molecule has 0 aromatic heterocycles. The van der Waals surface area contributed by atoms with Crippen molar-refractivity contribution in [1.29, 1.82) is 0 Å². The first-order chi connectivity index (χ1) is 7.63. The van der Waals surface area contributed by atoms with Gasteiger partial charge in [-0.15, -0.1) is 0 Å². The molecule has 2 aliphatic carbocycles. The third kappa shape index (κ3) is 3.00. The van der Waals surface area contributed by atoms with Crippen LogP contribution in [0.4, 0.5) is 0 Å². The van der Waals surface area contributed by atoms with E-state index in [1.165, 1.54) is 44.9 Å². The molecule has 2 unspecified atom stereocenters. The van der Waals surface area contributed by atoms with Crippen LogP contribution in [0.5, 0.6) is 0 Å². The Morgan fingerprint density at radius 2 is 1.81 bits per heavy atom. The summed E-state index contributed by atoms with van der Waals surface area (Å²) in [5, 5.41) is 3.75. The molecule has 94 valence electrons. The lowest BCUT2D eigenvalue weighted by Gasteiger charge is -2.28. The maximum atomic E-state index is 3.75. The molecule has 0 aliphatic heterocycles. The van der Waals surface area contributed by atoms with Gasteiger partial charge in [-0.25, -0.2) is 0 Å². The van der Waals surface area contributed by atoms with Gasteiger partial charge in [0.2, 0.25) is 0 Å². The van der Waals surface area contributed by atoms with E-state index >= 15 is 0 Å². The lowest BCUT2D eigenvalue weighted by molar-refractivity contribution is 0.273. The van der Waals surface area contributed by atoms with E-state index in [0.717, 1.165) is 24.4 Å². The zero-order valence-corrected chi connectivity index (χ0v) is 11.4. The third-order valence-electron chi connectivity index (χ3n) is 4.85. The minimum atomic E-state index is 0.626. The molecule has 2 aliphatic rings. The van der Waals surface area contributed by atoms with Crippen molar-refractivity contribution in [1.82, 2.24) is 5.32 Å². The molecule has 0 amide bonds. The topological polar surface area (TPSA) is 12.0 Å². The maximum Gasteiger partial charge on any atom is 0.0103 e. The smallest absolute Gasteiger partial charge is 0.0103 e. The van der Waals surface area contributed by atoms with E-state index in [2.05, 4.69) is 26.1 Å². The molecule has 1 nitrogen and oxygen atoms in total. The highest BCUT2D eigenvalue weighted by molar-refractivity contribution is 5.02. The van der Waals surface area contributed by atoms with Gasteiger partial charge in [0.1, 0.15) is 0 Å². The first kappa shape index (κ1) is 12.4. The third-order valence-corrected chi connectivity index (χ3v) is 4.85. The van der Waals surface area contributed by atoms with Crippen molar-refractivity contribution in [3.05, 3.63) is 0 Å². The molecule has 0 saturated heterocycles. The summed E-state index contributed by atoms with van der Waals surface area (Å²) in [5.41, 5.74) is 0.626. The molecule has 1 N–H and O–H groups in total. The van der Waals surface area contributed by atoms with Gasteiger partial charge in [-0.3, -0.25) is 0 Å². The fourth-order valence-corrected chi connectivity index (χ4v) is 3.63. The van der Waals surface area contributed by atoms with Crippen molar-refractivity contribution in [2.45, 2.75) is 71.8 Å². The average molecular weight is 223 g/mol. The predicted molar refractivity (Wildman–Crippen MR) is 70.5 cm³/mol. The molecule has 0 heterocycles. The highest BCUT2D eigenvalue weighted by atomic mass is 14.9. The van der Waals surface area contributed by atoms with Crippen LogP contribution >= 0.6 is 0 Å². The van der Waals surface area contributed by atoms with Crippen LogP contribution in [0.3, 0.4) is 0 Å². The first-order valence-corrected chi connectivity index (χ1v) is 7.37. The number of hydrogen-bond donors (Lipinski definition) is 1. The second-order valence-electron chi connectivity index (χ2n) is 6.70. The number of nitrogens with one attached hydrogen (secondary N) is 1. The standard InChI is InChI=1S/C15H29N/c1-4-16-14(13-11-15(13,2)3)10-12-8-6-5-7-9-12/h12-14,16H,4-11H2,1-3H3. The molecule has 1 heteroatoms. The van der Waals surface area contributed by atoms with Gasteiger partial charge in [0, 0.05) is 6.04 Å². The van der Waals surface area contributed by atoms with Gasteiger partial charge in [0.05, 0.1) is 0 Å². The Morgan fingerprint density at radius 1 is 1.19 bits per heavy atom. The quantitative estimate of drug-likeness (QED) is 0.743. The van der Waals surface area contributed by atoms with Crippen LogP contribution in [-0.4, -0.2) is 12.6 Å². The van der Waals surface area contributed by atoms with Gasteiger partial charge < -0.3 is 5.32 Å². The van der Waals surface area contributed by atoms with Crippen molar-refractivity contribution in [2.75, 3.05) is 6.54 Å². The molecule has 2 atom stereocenters. The summed E-state index contributed by atoms with van der Waals surface area (Å²) in [5.74, 6) is 1.98. The summed E-state index contributed by atoms with van der Waals surface area (Å²) < 4.78 is 0. The van der Waals surface area contributed by atoms with Crippen molar-refractivity contribution < 1.29 is 0 Å². The summed E-state index contributed by atoms with van der Waals surface area (Å²) in [4.78, 5) is 0. The van der Waals surface area contributed by atoms with Gasteiger partial charge in [0.25, 0.3) is 0 Å². The van der Waals surface area contributed by atoms with Gasteiger partial charge in [-0.2, -0.15) is 0 Å². The van der Waals surface area contributed by atoms with Crippen molar-refractivity contribution in [3.63, 3.8) is 0 Å². The SMILES string of the molecule is CCNC(CC1CCCCC1)C1CC1(C)C. The van der Waals surface area contributed by atoms with Crippen LogP contribution in [0.2, 0.25) is 0 Å². The molecule has 0 radical (unpaired) electrons. The monoisotopic (exact) mass is 223 g/mol. The van der Waals surface area contributed by atoms with E-state index in [9.17, 15) is 0 Å². The summed E-state index contributed by atoms with van der Waals surface area (Å²) >= 11 is 0. The van der Waals surface area contributed by atoms with E-state index in [1.807, 2.05) is 0 Å². The zero-order valence-electron chi connectivity index (χ0n) is 11.4. The highest BCUT2D eigenvalue weighted by Crippen LogP contribution is 2.54. The summed E-state index contributed by atoms with van der Waals surface area (Å²) in [7, 11) is 0. The van der Waals surface area contributed by atoms with Crippen LogP contribution in [0.1, 0.15) is 65.7 Å². The Balaban J connectivity index is 1.82. The highest BCUT2D eigenvalue weighted by Gasteiger charge is 2.49. The number of rotatable bonds is 5. The van der Waals surface area contributed by atoms with Crippen LogP contribution in [0.15, 0.2) is 0 Å². The lowest BCUT2D eigenvalue weighted by Crippen LogP contribution is -2.34. The van der Waals surface area contributed by atoms with E-state index in [4.69, 9.17) is 0 Å². The fraction of sp³-hybridized carbons (Fsp3) is 1.00. The van der Waals surface area contributed by atoms with Gasteiger partial charge in [0.15, 0.2) is 0 Å². The molecule has 0 bridgehead atoms. The Kier molecular flexibility index (Phi) is 3.94. The van der Waals surface area contributed by atoms with Crippen LogP contribution in [-0.2, 0) is 0 Å².